The van der Waals surface area contributed by atoms with E-state index >= 15 is 0 Å². The van der Waals surface area contributed by atoms with Crippen molar-refractivity contribution in [1.29, 1.82) is 0 Å². The van der Waals surface area contributed by atoms with Crippen molar-refractivity contribution >= 4 is 21.4 Å². The number of para-hydroxylation sites is 1. The number of rotatable bonds is 6. The first-order valence-electron chi connectivity index (χ1n) is 7.37. The van der Waals surface area contributed by atoms with Gasteiger partial charge in [-0.3, -0.25) is 4.79 Å². The number of nitrogens with one attached hydrogen (secondary N) is 2. The molecule has 2 N–H and O–H groups in total. The molecular formula is C15H22N2O3S. The van der Waals surface area contributed by atoms with E-state index in [0.29, 0.717) is 18.4 Å². The SMILES string of the molecule is CCCNc1ccccc1C(=O)NCC1CCCS1(=O)=O. The summed E-state index contributed by atoms with van der Waals surface area (Å²) in [5, 5.41) is 5.53. The minimum Gasteiger partial charge on any atom is -0.384 e. The molecule has 6 heteroatoms. The molecule has 1 aromatic carbocycles. The zero-order chi connectivity index (χ0) is 15.3. The highest BCUT2D eigenvalue weighted by atomic mass is 32.2. The van der Waals surface area contributed by atoms with Gasteiger partial charge in [0.2, 0.25) is 0 Å². The van der Waals surface area contributed by atoms with Crippen LogP contribution in [0.1, 0.15) is 36.5 Å². The van der Waals surface area contributed by atoms with Crippen molar-refractivity contribution in [1.82, 2.24) is 5.32 Å². The number of hydrogen-bond donors (Lipinski definition) is 2. The second-order valence-electron chi connectivity index (χ2n) is 5.31. The van der Waals surface area contributed by atoms with E-state index in [0.717, 1.165) is 18.7 Å². The average Bonchev–Trinajstić information content (AvgIpc) is 2.81. The van der Waals surface area contributed by atoms with Gasteiger partial charge in [-0.1, -0.05) is 19.1 Å². The van der Waals surface area contributed by atoms with Crippen molar-refractivity contribution in [2.45, 2.75) is 31.4 Å². The van der Waals surface area contributed by atoms with Gasteiger partial charge < -0.3 is 10.6 Å². The number of carbonyl (C=O) groups is 1. The third-order valence-corrected chi connectivity index (χ3v) is 5.97. The smallest absolute Gasteiger partial charge is 0.253 e. The van der Waals surface area contributed by atoms with Gasteiger partial charge >= 0.3 is 0 Å². The van der Waals surface area contributed by atoms with Crippen LogP contribution in [0.2, 0.25) is 0 Å². The van der Waals surface area contributed by atoms with E-state index in [4.69, 9.17) is 0 Å². The van der Waals surface area contributed by atoms with Gasteiger partial charge in [-0.15, -0.1) is 0 Å². The average molecular weight is 310 g/mol. The first-order valence-corrected chi connectivity index (χ1v) is 9.09. The summed E-state index contributed by atoms with van der Waals surface area (Å²) in [7, 11) is -3.02. The van der Waals surface area contributed by atoms with Crippen molar-refractivity contribution in [2.75, 3.05) is 24.2 Å². The Morgan fingerprint density at radius 2 is 2.10 bits per heavy atom. The second kappa shape index (κ2) is 6.93. The van der Waals surface area contributed by atoms with Crippen molar-refractivity contribution in [3.05, 3.63) is 29.8 Å². The summed E-state index contributed by atoms with van der Waals surface area (Å²) >= 11 is 0. The number of hydrogen-bond acceptors (Lipinski definition) is 4. The summed E-state index contributed by atoms with van der Waals surface area (Å²) in [6.07, 6.45) is 2.30. The van der Waals surface area contributed by atoms with Crippen LogP contribution in [0.4, 0.5) is 5.69 Å². The van der Waals surface area contributed by atoms with Crippen molar-refractivity contribution < 1.29 is 13.2 Å². The van der Waals surface area contributed by atoms with E-state index in [9.17, 15) is 13.2 Å². The van der Waals surface area contributed by atoms with Gasteiger partial charge in [-0.2, -0.15) is 0 Å². The fourth-order valence-corrected chi connectivity index (χ4v) is 4.25. The van der Waals surface area contributed by atoms with E-state index in [1.165, 1.54) is 0 Å². The monoisotopic (exact) mass is 310 g/mol. The molecule has 1 heterocycles. The Kier molecular flexibility index (Phi) is 5.22. The maximum atomic E-state index is 12.3. The second-order valence-corrected chi connectivity index (χ2v) is 7.71. The van der Waals surface area contributed by atoms with Crippen LogP contribution in [0.15, 0.2) is 24.3 Å². The molecule has 1 fully saturated rings. The highest BCUT2D eigenvalue weighted by Gasteiger charge is 2.31. The summed E-state index contributed by atoms with van der Waals surface area (Å²) in [6.45, 7) is 3.05. The molecule has 0 saturated carbocycles. The fourth-order valence-electron chi connectivity index (χ4n) is 2.48. The van der Waals surface area contributed by atoms with Crippen LogP contribution in [0.5, 0.6) is 0 Å². The predicted octanol–water partition coefficient (Wildman–Crippen LogP) is 1.82. The van der Waals surface area contributed by atoms with Crippen LogP contribution in [-0.4, -0.2) is 38.4 Å². The van der Waals surface area contributed by atoms with Crippen LogP contribution in [-0.2, 0) is 9.84 Å². The topological polar surface area (TPSA) is 75.3 Å². The minimum absolute atomic E-state index is 0.198. The van der Waals surface area contributed by atoms with Gasteiger partial charge in [0, 0.05) is 18.8 Å². The third kappa shape index (κ3) is 3.97. The highest BCUT2D eigenvalue weighted by Crippen LogP contribution is 2.20. The molecule has 1 unspecified atom stereocenters. The lowest BCUT2D eigenvalue weighted by Crippen LogP contribution is -2.34. The van der Waals surface area contributed by atoms with Crippen molar-refractivity contribution in [3.8, 4) is 0 Å². The maximum absolute atomic E-state index is 12.3. The van der Waals surface area contributed by atoms with Gasteiger partial charge in [0.05, 0.1) is 16.6 Å². The van der Waals surface area contributed by atoms with Crippen LogP contribution in [0.25, 0.3) is 0 Å². The lowest BCUT2D eigenvalue weighted by Gasteiger charge is -2.14. The van der Waals surface area contributed by atoms with Gasteiger partial charge in [0.25, 0.3) is 5.91 Å². The standard InChI is InChI=1S/C15H22N2O3S/c1-2-9-16-14-8-4-3-7-13(14)15(18)17-11-12-6-5-10-21(12,19)20/h3-4,7-8,12,16H,2,5-6,9-11H2,1H3,(H,17,18). The Bertz CT molecular complexity index is 599. The normalized spacial score (nSPS) is 20.1. The molecule has 1 atom stereocenters. The quantitative estimate of drug-likeness (QED) is 0.840. The summed E-state index contributed by atoms with van der Waals surface area (Å²) in [5.74, 6) is 0.0126. The molecule has 21 heavy (non-hydrogen) atoms. The Morgan fingerprint density at radius 3 is 2.76 bits per heavy atom. The van der Waals surface area contributed by atoms with E-state index in [1.807, 2.05) is 12.1 Å². The Labute approximate surface area is 126 Å². The summed E-state index contributed by atoms with van der Waals surface area (Å²) in [4.78, 5) is 12.3. The fraction of sp³-hybridized carbons (Fsp3) is 0.533. The number of anilines is 1. The van der Waals surface area contributed by atoms with E-state index in [2.05, 4.69) is 17.6 Å². The molecule has 0 spiro atoms. The molecule has 1 saturated heterocycles. The first kappa shape index (κ1) is 15.8. The number of sulfone groups is 1. The van der Waals surface area contributed by atoms with Gasteiger partial charge in [0.1, 0.15) is 0 Å². The van der Waals surface area contributed by atoms with E-state index in [1.54, 1.807) is 12.1 Å². The maximum Gasteiger partial charge on any atom is 0.253 e. The van der Waals surface area contributed by atoms with Crippen molar-refractivity contribution in [2.24, 2.45) is 0 Å². The molecule has 1 aliphatic heterocycles. The van der Waals surface area contributed by atoms with Gasteiger partial charge in [-0.25, -0.2) is 8.42 Å². The largest absolute Gasteiger partial charge is 0.384 e. The van der Waals surface area contributed by atoms with Crippen LogP contribution < -0.4 is 10.6 Å². The first-order chi connectivity index (χ1) is 10.0. The zero-order valence-electron chi connectivity index (χ0n) is 12.3. The minimum atomic E-state index is -3.02. The summed E-state index contributed by atoms with van der Waals surface area (Å²) < 4.78 is 23.5. The summed E-state index contributed by atoms with van der Waals surface area (Å²) in [5.41, 5.74) is 1.34. The van der Waals surface area contributed by atoms with E-state index in [-0.39, 0.29) is 18.2 Å². The molecule has 5 nitrogen and oxygen atoms in total. The Hall–Kier alpha value is -1.56. The highest BCUT2D eigenvalue weighted by molar-refractivity contribution is 7.92. The molecule has 0 aliphatic carbocycles. The van der Waals surface area contributed by atoms with Crippen LogP contribution >= 0.6 is 0 Å². The van der Waals surface area contributed by atoms with Crippen LogP contribution in [0.3, 0.4) is 0 Å². The third-order valence-electron chi connectivity index (χ3n) is 3.69. The van der Waals surface area contributed by atoms with Gasteiger partial charge in [0.15, 0.2) is 9.84 Å². The molecule has 1 amide bonds. The van der Waals surface area contributed by atoms with Gasteiger partial charge in [-0.05, 0) is 31.4 Å². The Morgan fingerprint density at radius 1 is 1.33 bits per heavy atom. The predicted molar refractivity (Wildman–Crippen MR) is 84.4 cm³/mol. The number of carbonyl (C=O) groups excluding carboxylic acids is 1. The summed E-state index contributed by atoms with van der Waals surface area (Å²) in [6, 6.07) is 7.28. The molecule has 0 radical (unpaired) electrons. The molecule has 1 aliphatic rings. The number of amides is 1. The molecular weight excluding hydrogens is 288 g/mol. The van der Waals surface area contributed by atoms with Crippen molar-refractivity contribution in [3.63, 3.8) is 0 Å². The molecule has 1 aromatic rings. The van der Waals surface area contributed by atoms with E-state index < -0.39 is 15.1 Å². The molecule has 116 valence electrons. The zero-order valence-corrected chi connectivity index (χ0v) is 13.1. The lowest BCUT2D eigenvalue weighted by atomic mass is 10.1. The molecule has 2 rings (SSSR count). The molecule has 0 aromatic heterocycles. The number of benzene rings is 1. The van der Waals surface area contributed by atoms with Crippen LogP contribution in [0, 0.1) is 0 Å². The lowest BCUT2D eigenvalue weighted by molar-refractivity contribution is 0.0954. The molecule has 0 bridgehead atoms. The Balaban J connectivity index is 2.00.